The number of sulfonamides is 1. The maximum atomic E-state index is 14.5. The van der Waals surface area contributed by atoms with Crippen LogP contribution in [0, 0.1) is 18.8 Å². The van der Waals surface area contributed by atoms with E-state index in [-0.39, 0.29) is 42.1 Å². The molecule has 1 saturated heterocycles. The highest BCUT2D eigenvalue weighted by Crippen LogP contribution is 2.42. The number of amides is 4. The molecule has 4 atom stereocenters. The van der Waals surface area contributed by atoms with Gasteiger partial charge in [-0.05, 0) is 56.4 Å². The van der Waals surface area contributed by atoms with Gasteiger partial charge < -0.3 is 19.5 Å². The van der Waals surface area contributed by atoms with Crippen LogP contribution < -0.4 is 10.1 Å². The summed E-state index contributed by atoms with van der Waals surface area (Å²) in [6.45, 7) is 2.12. The summed E-state index contributed by atoms with van der Waals surface area (Å²) in [6.07, 6.45) is 4.48. The number of ether oxygens (including phenoxy) is 1. The molecule has 7 rings (SSSR count). The number of carbonyl (C=O) groups excluding carboxylic acids is 4. The Morgan fingerprint density at radius 2 is 1.69 bits per heavy atom. The molecule has 0 radical (unpaired) electrons. The second kappa shape index (κ2) is 13.0. The number of nitrogens with one attached hydrogen (secondary N) is 1. The van der Waals surface area contributed by atoms with Crippen LogP contribution in [0.1, 0.15) is 75.7 Å². The molecular weight excluding hydrogens is 650 g/mol. The van der Waals surface area contributed by atoms with Crippen LogP contribution in [-0.2, 0) is 26.0 Å². The van der Waals surface area contributed by atoms with E-state index in [0.29, 0.717) is 54.7 Å². The predicted molar refractivity (Wildman–Crippen MR) is 175 cm³/mol. The molecule has 2 aromatic carbocycles. The molecule has 4 amide bonds. The number of benzene rings is 2. The molecule has 49 heavy (non-hydrogen) atoms. The first-order valence-corrected chi connectivity index (χ1v) is 18.2. The van der Waals surface area contributed by atoms with Gasteiger partial charge in [-0.1, -0.05) is 42.3 Å². The summed E-state index contributed by atoms with van der Waals surface area (Å²) in [7, 11) is -2.27. The molecule has 3 aromatic rings. The molecule has 258 valence electrons. The lowest BCUT2D eigenvalue weighted by atomic mass is 9.77. The average molecular weight is 690 g/mol. The largest absolute Gasteiger partial charge is 0.489 e. The van der Waals surface area contributed by atoms with Crippen LogP contribution in [0.5, 0.6) is 5.75 Å². The minimum atomic E-state index is -3.85. The van der Waals surface area contributed by atoms with Crippen LogP contribution in [0.15, 0.2) is 58.1 Å². The van der Waals surface area contributed by atoms with Gasteiger partial charge in [-0.15, -0.1) is 0 Å². The Morgan fingerprint density at radius 1 is 0.980 bits per heavy atom. The summed E-state index contributed by atoms with van der Waals surface area (Å²) in [4.78, 5) is 57.6. The van der Waals surface area contributed by atoms with Gasteiger partial charge in [0, 0.05) is 37.5 Å². The zero-order valence-electron chi connectivity index (χ0n) is 27.5. The van der Waals surface area contributed by atoms with Crippen molar-refractivity contribution < 1.29 is 36.9 Å². The number of hydrogen-bond acceptors (Lipinski definition) is 9. The van der Waals surface area contributed by atoms with Crippen LogP contribution in [-0.4, -0.2) is 90.6 Å². The van der Waals surface area contributed by atoms with Crippen molar-refractivity contribution in [1.29, 1.82) is 0 Å². The van der Waals surface area contributed by atoms with Gasteiger partial charge in [0.15, 0.2) is 5.76 Å². The third-order valence-electron chi connectivity index (χ3n) is 10.4. The van der Waals surface area contributed by atoms with E-state index in [1.165, 1.54) is 15.4 Å². The number of hydrogen-bond donors (Lipinski definition) is 1. The number of carbonyl (C=O) groups is 4. The van der Waals surface area contributed by atoms with E-state index < -0.39 is 45.8 Å². The topological polar surface area (TPSA) is 159 Å². The van der Waals surface area contributed by atoms with Gasteiger partial charge in [-0.3, -0.25) is 24.1 Å². The van der Waals surface area contributed by atoms with Crippen molar-refractivity contribution in [2.45, 2.75) is 62.5 Å². The molecule has 1 aliphatic carbocycles. The SMILES string of the molecule is CNC(=O)[C@H]1CCCC[C@H]1C(=O)N1CCc2cccc(O[C@H]3CCN(S(=O)(=O)c4cnoc4C)C3)c2[C@H]1CN1C(=O)c2ccccc2C1=O. The van der Waals surface area contributed by atoms with Gasteiger partial charge in [0.2, 0.25) is 21.8 Å². The first kappa shape index (κ1) is 33.0. The first-order chi connectivity index (χ1) is 23.6. The molecule has 0 bridgehead atoms. The van der Waals surface area contributed by atoms with Crippen molar-refractivity contribution in [3.05, 3.63) is 76.7 Å². The van der Waals surface area contributed by atoms with Crippen molar-refractivity contribution in [1.82, 2.24) is 24.6 Å². The Kier molecular flexibility index (Phi) is 8.78. The van der Waals surface area contributed by atoms with Crippen molar-refractivity contribution >= 4 is 33.7 Å². The minimum absolute atomic E-state index is 0.0122. The standard InChI is InChI=1S/C35H39N5O8S/c1-21-30(18-37-48-21)49(45,46)38-16-15-23(19-38)47-29-13-7-8-22-14-17-39(33(42)25-10-4-3-9-24(25)32(41)36-2)28(31(22)29)20-40-34(43)26-11-5-6-12-27(26)35(40)44/h5-8,11-13,18,23-25,28H,3-4,9-10,14-17,19-20H2,1-2H3,(H,36,41)/t23-,24-,25+,28+/m0/s1. The van der Waals surface area contributed by atoms with Crippen LogP contribution in [0.25, 0.3) is 0 Å². The minimum Gasteiger partial charge on any atom is -0.489 e. The zero-order chi connectivity index (χ0) is 34.4. The van der Waals surface area contributed by atoms with E-state index >= 15 is 0 Å². The summed E-state index contributed by atoms with van der Waals surface area (Å²) < 4.78 is 39.6. The van der Waals surface area contributed by atoms with E-state index in [4.69, 9.17) is 9.26 Å². The van der Waals surface area contributed by atoms with E-state index in [0.717, 1.165) is 18.4 Å². The number of nitrogens with zero attached hydrogens (tertiary/aromatic N) is 4. The maximum absolute atomic E-state index is 14.5. The van der Waals surface area contributed by atoms with Crippen LogP contribution in [0.3, 0.4) is 0 Å². The Morgan fingerprint density at radius 3 is 2.37 bits per heavy atom. The van der Waals surface area contributed by atoms with Gasteiger partial charge in [0.25, 0.3) is 11.8 Å². The highest BCUT2D eigenvalue weighted by Gasteiger charge is 2.45. The molecule has 1 N–H and O–H groups in total. The number of aryl methyl sites for hydroxylation is 1. The van der Waals surface area contributed by atoms with Crippen LogP contribution in [0.4, 0.5) is 0 Å². The Bertz CT molecular complexity index is 1890. The molecule has 1 aromatic heterocycles. The van der Waals surface area contributed by atoms with Crippen molar-refractivity contribution in [3.8, 4) is 5.75 Å². The van der Waals surface area contributed by atoms with Crippen molar-refractivity contribution in [2.75, 3.05) is 33.2 Å². The van der Waals surface area contributed by atoms with Gasteiger partial charge in [-0.2, -0.15) is 4.31 Å². The molecular formula is C35H39N5O8S. The summed E-state index contributed by atoms with van der Waals surface area (Å²) in [5.41, 5.74) is 2.22. The Balaban J connectivity index is 1.22. The Hall–Kier alpha value is -4.56. The molecule has 4 aliphatic rings. The lowest BCUT2D eigenvalue weighted by Crippen LogP contribution is -2.51. The molecule has 0 unspecified atom stereocenters. The van der Waals surface area contributed by atoms with Crippen LogP contribution in [0.2, 0.25) is 0 Å². The number of imide groups is 1. The fraction of sp³-hybridized carbons (Fsp3) is 0.457. The first-order valence-electron chi connectivity index (χ1n) is 16.8. The van der Waals surface area contributed by atoms with Gasteiger partial charge in [-0.25, -0.2) is 8.42 Å². The van der Waals surface area contributed by atoms with Gasteiger partial charge in [0.05, 0.1) is 36.5 Å². The predicted octanol–water partition coefficient (Wildman–Crippen LogP) is 3.10. The van der Waals surface area contributed by atoms with Gasteiger partial charge >= 0.3 is 0 Å². The summed E-state index contributed by atoms with van der Waals surface area (Å²) in [5, 5.41) is 6.35. The normalized spacial score (nSPS) is 24.1. The van der Waals surface area contributed by atoms with Crippen molar-refractivity contribution in [2.24, 2.45) is 11.8 Å². The molecule has 2 fully saturated rings. The average Bonchev–Trinajstić information content (AvgIpc) is 3.84. The van der Waals surface area contributed by atoms with Crippen LogP contribution >= 0.6 is 0 Å². The molecule has 0 spiro atoms. The zero-order valence-corrected chi connectivity index (χ0v) is 28.3. The second-order valence-electron chi connectivity index (χ2n) is 13.1. The van der Waals surface area contributed by atoms with E-state index in [1.807, 2.05) is 12.1 Å². The molecule has 1 saturated carbocycles. The van der Waals surface area contributed by atoms with Gasteiger partial charge in [0.1, 0.15) is 16.7 Å². The fourth-order valence-corrected chi connectivity index (χ4v) is 9.44. The second-order valence-corrected chi connectivity index (χ2v) is 15.0. The lowest BCUT2D eigenvalue weighted by Gasteiger charge is -2.43. The molecule has 14 heteroatoms. The monoisotopic (exact) mass is 689 g/mol. The van der Waals surface area contributed by atoms with Crippen molar-refractivity contribution in [3.63, 3.8) is 0 Å². The molecule has 4 heterocycles. The number of fused-ring (bicyclic) bond motifs is 2. The molecule has 13 nitrogen and oxygen atoms in total. The quantitative estimate of drug-likeness (QED) is 0.351. The highest BCUT2D eigenvalue weighted by atomic mass is 32.2. The lowest BCUT2D eigenvalue weighted by molar-refractivity contribution is -0.146. The smallest absolute Gasteiger partial charge is 0.261 e. The summed E-state index contributed by atoms with van der Waals surface area (Å²) in [6, 6.07) is 11.5. The third kappa shape index (κ3) is 5.80. The Labute approximate surface area is 284 Å². The van der Waals surface area contributed by atoms with E-state index in [9.17, 15) is 27.6 Å². The van der Waals surface area contributed by atoms with E-state index in [1.54, 1.807) is 49.2 Å². The van der Waals surface area contributed by atoms with E-state index in [2.05, 4.69) is 10.5 Å². The number of aromatic nitrogens is 1. The fourth-order valence-electron chi connectivity index (χ4n) is 7.88. The summed E-state index contributed by atoms with van der Waals surface area (Å²) >= 11 is 0. The number of rotatable bonds is 8. The highest BCUT2D eigenvalue weighted by molar-refractivity contribution is 7.89. The maximum Gasteiger partial charge on any atom is 0.261 e. The molecule has 3 aliphatic heterocycles. The third-order valence-corrected chi connectivity index (χ3v) is 12.4. The summed E-state index contributed by atoms with van der Waals surface area (Å²) in [5.74, 6) is -1.55.